The van der Waals surface area contributed by atoms with Crippen LogP contribution in [0.15, 0.2) is 91.4 Å². The highest BCUT2D eigenvalue weighted by Crippen LogP contribution is 2.28. The number of nitrogens with zero attached hydrogens (tertiary/aromatic N) is 4. The van der Waals surface area contributed by atoms with Crippen LogP contribution in [-0.4, -0.2) is 30.1 Å². The number of pyridine rings is 2. The average molecular weight is 433 g/mol. The molecular formula is C27H24N6. The summed E-state index contributed by atoms with van der Waals surface area (Å²) in [5.41, 5.74) is 7.77. The van der Waals surface area contributed by atoms with Gasteiger partial charge in [-0.2, -0.15) is 5.10 Å². The maximum atomic E-state index is 4.68. The first-order valence-corrected chi connectivity index (χ1v) is 10.9. The van der Waals surface area contributed by atoms with E-state index in [1.165, 1.54) is 11.1 Å². The summed E-state index contributed by atoms with van der Waals surface area (Å²) in [6.45, 7) is 6.05. The topological polar surface area (TPSA) is 83.1 Å². The quantitative estimate of drug-likeness (QED) is 0.307. The summed E-state index contributed by atoms with van der Waals surface area (Å²) in [4.78, 5) is 16.8. The second-order valence-electron chi connectivity index (χ2n) is 7.82. The van der Waals surface area contributed by atoms with Gasteiger partial charge in [0, 0.05) is 11.6 Å². The lowest BCUT2D eigenvalue weighted by Gasteiger charge is -2.07. The molecule has 4 heterocycles. The molecule has 5 rings (SSSR count). The van der Waals surface area contributed by atoms with Crippen molar-refractivity contribution in [1.82, 2.24) is 30.1 Å². The third-order valence-electron chi connectivity index (χ3n) is 5.71. The predicted molar refractivity (Wildman–Crippen MR) is 133 cm³/mol. The van der Waals surface area contributed by atoms with Crippen molar-refractivity contribution in [3.05, 3.63) is 103 Å². The number of aromatic nitrogens is 6. The van der Waals surface area contributed by atoms with E-state index in [0.29, 0.717) is 5.82 Å². The van der Waals surface area contributed by atoms with E-state index in [-0.39, 0.29) is 0 Å². The standard InChI is InChI=1S/C27H24N6/c1-3-18(10-11-19-8-6-5-7-9-19)14-20(4-2)23-15-21-24(17-29-23)32-33-26(21)27-30-22-12-13-28-16-25(22)31-27/h3-9,12-17H,1,10-11H2,2H3,(H,30,31)(H,32,33)/b18-14+,20-4+. The average Bonchev–Trinajstić information content (AvgIpc) is 3.48. The van der Waals surface area contributed by atoms with Gasteiger partial charge in [-0.15, -0.1) is 0 Å². The number of H-pyrrole nitrogens is 2. The zero-order valence-corrected chi connectivity index (χ0v) is 18.4. The number of benzene rings is 1. The molecular weight excluding hydrogens is 408 g/mol. The first-order chi connectivity index (χ1) is 16.2. The first kappa shape index (κ1) is 20.6. The minimum Gasteiger partial charge on any atom is -0.335 e. The largest absolute Gasteiger partial charge is 0.335 e. The van der Waals surface area contributed by atoms with Crippen LogP contribution in [-0.2, 0) is 6.42 Å². The Labute approximate surface area is 191 Å². The number of nitrogens with one attached hydrogen (secondary N) is 2. The molecule has 5 aromatic rings. The molecule has 4 aromatic heterocycles. The fourth-order valence-electron chi connectivity index (χ4n) is 3.90. The summed E-state index contributed by atoms with van der Waals surface area (Å²) >= 11 is 0. The van der Waals surface area contributed by atoms with E-state index in [1.54, 1.807) is 12.4 Å². The number of hydrogen-bond donors (Lipinski definition) is 2. The number of imidazole rings is 1. The summed E-state index contributed by atoms with van der Waals surface area (Å²) < 4.78 is 0. The Bertz CT molecular complexity index is 1450. The van der Waals surface area contributed by atoms with Gasteiger partial charge in [0.2, 0.25) is 0 Å². The molecule has 0 aliphatic rings. The molecule has 0 saturated carbocycles. The highest BCUT2D eigenvalue weighted by molar-refractivity contribution is 5.94. The maximum Gasteiger partial charge on any atom is 0.159 e. The predicted octanol–water partition coefficient (Wildman–Crippen LogP) is 6.04. The van der Waals surface area contributed by atoms with Crippen molar-refractivity contribution < 1.29 is 0 Å². The molecule has 0 unspecified atom stereocenters. The fraction of sp³-hybridized carbons (Fsp3) is 0.111. The molecule has 0 amide bonds. The van der Waals surface area contributed by atoms with Crippen LogP contribution in [0.5, 0.6) is 0 Å². The normalized spacial score (nSPS) is 12.5. The Morgan fingerprint density at radius 2 is 1.97 bits per heavy atom. The lowest BCUT2D eigenvalue weighted by atomic mass is 10.0. The Balaban J connectivity index is 1.47. The van der Waals surface area contributed by atoms with E-state index in [2.05, 4.69) is 79.2 Å². The molecule has 6 heteroatoms. The first-order valence-electron chi connectivity index (χ1n) is 10.9. The molecule has 0 spiro atoms. The van der Waals surface area contributed by atoms with Gasteiger partial charge in [-0.3, -0.25) is 15.1 Å². The summed E-state index contributed by atoms with van der Waals surface area (Å²) in [5.74, 6) is 0.702. The van der Waals surface area contributed by atoms with Crippen molar-refractivity contribution in [3.8, 4) is 11.5 Å². The summed E-state index contributed by atoms with van der Waals surface area (Å²) in [5, 5.41) is 8.53. The van der Waals surface area contributed by atoms with E-state index < -0.39 is 0 Å². The van der Waals surface area contributed by atoms with Crippen LogP contribution in [0, 0.1) is 0 Å². The monoisotopic (exact) mass is 432 g/mol. The van der Waals surface area contributed by atoms with Gasteiger partial charge in [0.05, 0.1) is 34.6 Å². The minimum absolute atomic E-state index is 0.702. The SMILES string of the molecule is C=C/C(=C\C(=C/C)c1cc2c(-c3nc4ccncc4[nH]3)n[nH]c2cn1)CCc1ccccc1. The van der Waals surface area contributed by atoms with E-state index in [0.717, 1.165) is 51.7 Å². The number of aromatic amines is 2. The van der Waals surface area contributed by atoms with Gasteiger partial charge in [-0.25, -0.2) is 4.98 Å². The second-order valence-corrected chi connectivity index (χ2v) is 7.82. The van der Waals surface area contributed by atoms with Crippen molar-refractivity contribution in [2.24, 2.45) is 0 Å². The van der Waals surface area contributed by atoms with Crippen LogP contribution in [0.25, 0.3) is 39.0 Å². The Morgan fingerprint density at radius 1 is 1.09 bits per heavy atom. The zero-order chi connectivity index (χ0) is 22.6. The van der Waals surface area contributed by atoms with Gasteiger partial charge >= 0.3 is 0 Å². The van der Waals surface area contributed by atoms with Crippen molar-refractivity contribution in [2.45, 2.75) is 19.8 Å². The Kier molecular flexibility index (Phi) is 5.64. The summed E-state index contributed by atoms with van der Waals surface area (Å²) in [6, 6.07) is 14.4. The number of aryl methyl sites for hydroxylation is 1. The van der Waals surface area contributed by atoms with Gasteiger partial charge in [0.1, 0.15) is 5.69 Å². The maximum absolute atomic E-state index is 4.68. The minimum atomic E-state index is 0.702. The molecule has 1 aromatic carbocycles. The van der Waals surface area contributed by atoms with Gasteiger partial charge in [-0.1, -0.05) is 49.1 Å². The lowest BCUT2D eigenvalue weighted by Crippen LogP contribution is -1.91. The molecule has 33 heavy (non-hydrogen) atoms. The van der Waals surface area contributed by atoms with Gasteiger partial charge in [0.15, 0.2) is 5.82 Å². The second kappa shape index (κ2) is 9.04. The third kappa shape index (κ3) is 4.23. The molecule has 0 fully saturated rings. The molecule has 2 N–H and O–H groups in total. The van der Waals surface area contributed by atoms with Crippen molar-refractivity contribution in [1.29, 1.82) is 0 Å². The van der Waals surface area contributed by atoms with E-state index in [1.807, 2.05) is 31.3 Å². The summed E-state index contributed by atoms with van der Waals surface area (Å²) in [7, 11) is 0. The highest BCUT2D eigenvalue weighted by atomic mass is 15.1. The fourth-order valence-corrected chi connectivity index (χ4v) is 3.90. The van der Waals surface area contributed by atoms with Gasteiger partial charge in [-0.05, 0) is 54.7 Å². The number of rotatable bonds is 7. The van der Waals surface area contributed by atoms with Gasteiger partial charge < -0.3 is 4.98 Å². The van der Waals surface area contributed by atoms with Crippen molar-refractivity contribution in [3.63, 3.8) is 0 Å². The van der Waals surface area contributed by atoms with Crippen LogP contribution < -0.4 is 0 Å². The zero-order valence-electron chi connectivity index (χ0n) is 18.4. The number of hydrogen-bond acceptors (Lipinski definition) is 4. The van der Waals surface area contributed by atoms with Crippen LogP contribution >= 0.6 is 0 Å². The molecule has 0 aliphatic carbocycles. The third-order valence-corrected chi connectivity index (χ3v) is 5.71. The molecule has 0 saturated heterocycles. The smallest absolute Gasteiger partial charge is 0.159 e. The lowest BCUT2D eigenvalue weighted by molar-refractivity contribution is 0.966. The van der Waals surface area contributed by atoms with E-state index >= 15 is 0 Å². The highest BCUT2D eigenvalue weighted by Gasteiger charge is 2.14. The van der Waals surface area contributed by atoms with Crippen LogP contribution in [0.1, 0.15) is 24.6 Å². The molecule has 0 bridgehead atoms. The van der Waals surface area contributed by atoms with E-state index in [9.17, 15) is 0 Å². The van der Waals surface area contributed by atoms with Crippen LogP contribution in [0.2, 0.25) is 0 Å². The number of fused-ring (bicyclic) bond motifs is 2. The molecule has 0 radical (unpaired) electrons. The van der Waals surface area contributed by atoms with Crippen molar-refractivity contribution in [2.75, 3.05) is 0 Å². The van der Waals surface area contributed by atoms with Crippen LogP contribution in [0.3, 0.4) is 0 Å². The molecule has 0 aliphatic heterocycles. The molecule has 162 valence electrons. The Hall–Kier alpha value is -4.32. The van der Waals surface area contributed by atoms with Crippen LogP contribution in [0.4, 0.5) is 0 Å². The Morgan fingerprint density at radius 3 is 2.76 bits per heavy atom. The molecule has 0 atom stereocenters. The summed E-state index contributed by atoms with van der Waals surface area (Å²) in [6.07, 6.45) is 13.4. The number of allylic oxidation sites excluding steroid dienone is 5. The van der Waals surface area contributed by atoms with Gasteiger partial charge in [0.25, 0.3) is 0 Å². The van der Waals surface area contributed by atoms with Crippen molar-refractivity contribution >= 4 is 27.5 Å². The molecule has 6 nitrogen and oxygen atoms in total. The van der Waals surface area contributed by atoms with E-state index in [4.69, 9.17) is 0 Å².